The number of ether oxygens (including phenoxy) is 1. The van der Waals surface area contributed by atoms with Gasteiger partial charge in [0, 0.05) is 68.7 Å². The number of carbonyl (C=O) groups excluding carboxylic acids is 1. The monoisotopic (exact) mass is 569 g/mol. The molecule has 0 bridgehead atoms. The van der Waals surface area contributed by atoms with E-state index in [0.29, 0.717) is 42.7 Å². The van der Waals surface area contributed by atoms with E-state index >= 15 is 0 Å². The van der Waals surface area contributed by atoms with E-state index in [2.05, 4.69) is 21.2 Å². The van der Waals surface area contributed by atoms with Crippen molar-refractivity contribution in [2.45, 2.75) is 6.54 Å². The quantitative estimate of drug-likeness (QED) is 0.304. The highest BCUT2D eigenvalue weighted by Crippen LogP contribution is 2.32. The van der Waals surface area contributed by atoms with Crippen LogP contribution < -0.4 is 15.1 Å². The predicted molar refractivity (Wildman–Crippen MR) is 154 cm³/mol. The Hall–Kier alpha value is -3.37. The summed E-state index contributed by atoms with van der Waals surface area (Å²) in [6.07, 6.45) is 0. The van der Waals surface area contributed by atoms with Crippen LogP contribution in [0.4, 0.5) is 22.7 Å². The van der Waals surface area contributed by atoms with Crippen LogP contribution in [0.25, 0.3) is 0 Å². The Morgan fingerprint density at radius 2 is 1.56 bits per heavy atom. The molecule has 2 saturated heterocycles. The summed E-state index contributed by atoms with van der Waals surface area (Å²) in [5, 5.41) is 15.6. The number of nitrogens with one attached hydrogen (secondary N) is 1. The molecular formula is C28H29Cl2N5O4. The van der Waals surface area contributed by atoms with Crippen molar-refractivity contribution in [2.24, 2.45) is 0 Å². The van der Waals surface area contributed by atoms with Crippen molar-refractivity contribution < 1.29 is 14.5 Å². The van der Waals surface area contributed by atoms with Gasteiger partial charge in [-0.1, -0.05) is 41.4 Å². The lowest BCUT2D eigenvalue weighted by Gasteiger charge is -2.36. The van der Waals surface area contributed by atoms with E-state index in [1.54, 1.807) is 18.2 Å². The van der Waals surface area contributed by atoms with Crippen molar-refractivity contribution >= 4 is 51.9 Å². The second kappa shape index (κ2) is 12.2. The third-order valence-electron chi connectivity index (χ3n) is 7.06. The van der Waals surface area contributed by atoms with Crippen LogP contribution in [0.2, 0.25) is 10.0 Å². The van der Waals surface area contributed by atoms with E-state index in [1.165, 1.54) is 12.1 Å². The number of hydrogen-bond donors (Lipinski definition) is 1. The maximum atomic E-state index is 13.3. The van der Waals surface area contributed by atoms with Gasteiger partial charge in [-0.05, 0) is 35.9 Å². The van der Waals surface area contributed by atoms with Gasteiger partial charge in [-0.15, -0.1) is 0 Å². The summed E-state index contributed by atoms with van der Waals surface area (Å²) in [5.74, 6) is -0.433. The molecule has 0 saturated carbocycles. The highest BCUT2D eigenvalue weighted by atomic mass is 35.5. The van der Waals surface area contributed by atoms with Crippen molar-refractivity contribution in [3.63, 3.8) is 0 Å². The lowest BCUT2D eigenvalue weighted by Crippen LogP contribution is -2.46. The van der Waals surface area contributed by atoms with E-state index in [4.69, 9.17) is 27.9 Å². The molecule has 0 unspecified atom stereocenters. The summed E-state index contributed by atoms with van der Waals surface area (Å²) in [5.41, 5.74) is 3.27. The fourth-order valence-corrected chi connectivity index (χ4v) is 5.45. The molecule has 0 radical (unpaired) electrons. The first-order valence-electron chi connectivity index (χ1n) is 12.8. The van der Waals surface area contributed by atoms with E-state index in [9.17, 15) is 14.9 Å². The Balaban J connectivity index is 1.26. The minimum Gasteiger partial charge on any atom is -0.378 e. The molecule has 0 aromatic heterocycles. The number of anilines is 3. The molecule has 9 nitrogen and oxygen atoms in total. The predicted octanol–water partition coefficient (Wildman–Crippen LogP) is 5.31. The molecule has 39 heavy (non-hydrogen) atoms. The number of piperazine rings is 1. The number of nitrogens with zero attached hydrogens (tertiary/aromatic N) is 4. The van der Waals surface area contributed by atoms with E-state index in [1.807, 2.05) is 29.2 Å². The van der Waals surface area contributed by atoms with Gasteiger partial charge in [0.2, 0.25) is 0 Å². The van der Waals surface area contributed by atoms with Gasteiger partial charge in [0.15, 0.2) is 0 Å². The third kappa shape index (κ3) is 6.45. The molecule has 3 aromatic carbocycles. The average Bonchev–Trinajstić information content (AvgIpc) is 2.95. The van der Waals surface area contributed by atoms with Crippen LogP contribution in [0, 0.1) is 10.1 Å². The SMILES string of the molecule is O=C(Nc1ccc(N2CCN(Cc3ccccc3Cl)CC2)c(Cl)c1)c1cc([N+](=O)[O-])ccc1N1CCOCC1. The molecule has 204 valence electrons. The van der Waals surface area contributed by atoms with Crippen molar-refractivity contribution in [1.82, 2.24) is 4.90 Å². The van der Waals surface area contributed by atoms with Crippen LogP contribution >= 0.6 is 23.2 Å². The molecule has 0 spiro atoms. The Bertz CT molecular complexity index is 1360. The highest BCUT2D eigenvalue weighted by Gasteiger charge is 2.23. The number of benzene rings is 3. The number of rotatable bonds is 7. The number of amides is 1. The highest BCUT2D eigenvalue weighted by molar-refractivity contribution is 6.33. The Labute approximate surface area is 237 Å². The van der Waals surface area contributed by atoms with Gasteiger partial charge < -0.3 is 19.9 Å². The summed E-state index contributed by atoms with van der Waals surface area (Å²) in [6.45, 7) is 6.44. The molecule has 0 atom stereocenters. The van der Waals surface area contributed by atoms with Crippen molar-refractivity contribution in [3.05, 3.63) is 92.0 Å². The van der Waals surface area contributed by atoms with Crippen LogP contribution in [-0.4, -0.2) is 68.2 Å². The summed E-state index contributed by atoms with van der Waals surface area (Å²) >= 11 is 13.0. The lowest BCUT2D eigenvalue weighted by molar-refractivity contribution is -0.384. The van der Waals surface area contributed by atoms with E-state index < -0.39 is 10.8 Å². The maximum absolute atomic E-state index is 13.3. The van der Waals surface area contributed by atoms with Gasteiger partial charge in [0.05, 0.1) is 40.1 Å². The van der Waals surface area contributed by atoms with Crippen LogP contribution in [0.3, 0.4) is 0 Å². The zero-order valence-corrected chi connectivity index (χ0v) is 22.8. The zero-order valence-electron chi connectivity index (χ0n) is 21.3. The van der Waals surface area contributed by atoms with Gasteiger partial charge in [-0.25, -0.2) is 0 Å². The number of hydrogen-bond acceptors (Lipinski definition) is 7. The fourth-order valence-electron chi connectivity index (χ4n) is 4.95. The average molecular weight is 570 g/mol. The number of halogens is 2. The molecule has 0 aliphatic carbocycles. The minimum absolute atomic E-state index is 0.140. The van der Waals surface area contributed by atoms with Crippen molar-refractivity contribution in [1.29, 1.82) is 0 Å². The largest absolute Gasteiger partial charge is 0.378 e. The third-order valence-corrected chi connectivity index (χ3v) is 7.73. The zero-order chi connectivity index (χ0) is 27.4. The number of nitro benzene ring substituents is 1. The Morgan fingerprint density at radius 3 is 2.26 bits per heavy atom. The summed E-state index contributed by atoms with van der Waals surface area (Å²) in [6, 6.07) is 17.7. The molecule has 11 heteroatoms. The molecular weight excluding hydrogens is 541 g/mol. The number of morpholine rings is 1. The minimum atomic E-state index is -0.500. The van der Waals surface area contributed by atoms with Gasteiger partial charge >= 0.3 is 0 Å². The smallest absolute Gasteiger partial charge is 0.270 e. The second-order valence-corrected chi connectivity index (χ2v) is 10.3. The number of carbonyl (C=O) groups is 1. The molecule has 1 N–H and O–H groups in total. The Kier molecular flexibility index (Phi) is 8.52. The van der Waals surface area contributed by atoms with Crippen LogP contribution in [0.1, 0.15) is 15.9 Å². The molecule has 5 rings (SSSR count). The molecule has 2 aliphatic heterocycles. The van der Waals surface area contributed by atoms with Gasteiger partial charge in [-0.3, -0.25) is 19.8 Å². The summed E-state index contributed by atoms with van der Waals surface area (Å²) in [7, 11) is 0. The summed E-state index contributed by atoms with van der Waals surface area (Å²) in [4.78, 5) is 30.8. The molecule has 2 aliphatic rings. The first-order valence-corrected chi connectivity index (χ1v) is 13.6. The molecule has 3 aromatic rings. The Morgan fingerprint density at radius 1 is 0.872 bits per heavy atom. The molecule has 2 fully saturated rings. The summed E-state index contributed by atoms with van der Waals surface area (Å²) < 4.78 is 5.41. The first-order chi connectivity index (χ1) is 18.9. The topological polar surface area (TPSA) is 91.2 Å². The second-order valence-electron chi connectivity index (χ2n) is 9.53. The first kappa shape index (κ1) is 27.2. The van der Waals surface area contributed by atoms with Gasteiger partial charge in [0.25, 0.3) is 11.6 Å². The maximum Gasteiger partial charge on any atom is 0.270 e. The van der Waals surface area contributed by atoms with E-state index in [0.717, 1.165) is 49.0 Å². The van der Waals surface area contributed by atoms with Gasteiger partial charge in [0.1, 0.15) is 0 Å². The van der Waals surface area contributed by atoms with Crippen molar-refractivity contribution in [3.8, 4) is 0 Å². The van der Waals surface area contributed by atoms with E-state index in [-0.39, 0.29) is 11.3 Å². The number of nitro groups is 1. The van der Waals surface area contributed by atoms with Crippen LogP contribution in [-0.2, 0) is 11.3 Å². The van der Waals surface area contributed by atoms with Crippen LogP contribution in [0.5, 0.6) is 0 Å². The van der Waals surface area contributed by atoms with Gasteiger partial charge in [-0.2, -0.15) is 0 Å². The van der Waals surface area contributed by atoms with Crippen molar-refractivity contribution in [2.75, 3.05) is 67.6 Å². The fraction of sp³-hybridized carbons (Fsp3) is 0.321. The van der Waals surface area contributed by atoms with Crippen LogP contribution in [0.15, 0.2) is 60.7 Å². The lowest BCUT2D eigenvalue weighted by atomic mass is 10.1. The molecule has 1 amide bonds. The normalized spacial score (nSPS) is 16.3. The number of non-ortho nitro benzene ring substituents is 1. The standard InChI is InChI=1S/C28H29Cl2N5O4/c29-24-4-2-1-3-20(24)19-32-9-11-33(12-10-32)27-7-5-21(17-25(27)30)31-28(36)23-18-22(35(37)38)6-8-26(23)34-13-15-39-16-14-34/h1-8,17-18H,9-16,19H2,(H,31,36). The molecule has 2 heterocycles.